The average Bonchev–Trinajstić information content (AvgIpc) is 2.69. The third kappa shape index (κ3) is 3.47. The molecular formula is C11H19N3O3. The number of nitrogens with two attached hydrogens (primary N) is 1. The molecule has 96 valence electrons. The number of hydrogen-bond donors (Lipinski definition) is 3. The highest BCUT2D eigenvalue weighted by Gasteiger charge is 2.16. The van der Waals surface area contributed by atoms with Crippen LogP contribution < -0.4 is 11.1 Å². The first-order valence-electron chi connectivity index (χ1n) is 5.48. The molecule has 4 N–H and O–H groups in total. The number of nitrogen functional groups attached to an aromatic ring is 1. The molecule has 1 aromatic rings. The molecule has 0 bridgehead atoms. The van der Waals surface area contributed by atoms with Crippen LogP contribution in [0.2, 0.25) is 0 Å². The number of ether oxygens (including phenoxy) is 1. The second-order valence-electron chi connectivity index (χ2n) is 3.75. The predicted octanol–water partition coefficient (Wildman–Crippen LogP) is -0.173. The maximum atomic E-state index is 11.9. The van der Waals surface area contributed by atoms with E-state index in [9.17, 15) is 4.79 Å². The van der Waals surface area contributed by atoms with Gasteiger partial charge in [-0.3, -0.25) is 4.79 Å². The summed E-state index contributed by atoms with van der Waals surface area (Å²) in [4.78, 5) is 11.9. The van der Waals surface area contributed by atoms with Crippen LogP contribution in [-0.2, 0) is 11.3 Å². The summed E-state index contributed by atoms with van der Waals surface area (Å²) in [5.41, 5.74) is 6.67. The van der Waals surface area contributed by atoms with Gasteiger partial charge in [-0.2, -0.15) is 0 Å². The molecule has 0 saturated carbocycles. The molecule has 1 amide bonds. The Morgan fingerprint density at radius 1 is 1.71 bits per heavy atom. The number of aromatic nitrogens is 1. The predicted molar refractivity (Wildman–Crippen MR) is 64.7 cm³/mol. The van der Waals surface area contributed by atoms with Crippen LogP contribution in [0.3, 0.4) is 0 Å². The number of nitrogens with zero attached hydrogens (tertiary/aromatic N) is 1. The Kier molecular flexibility index (Phi) is 4.99. The Morgan fingerprint density at radius 2 is 2.41 bits per heavy atom. The molecule has 17 heavy (non-hydrogen) atoms. The number of carbonyl (C=O) groups excluding carboxylic acids is 1. The fourth-order valence-corrected chi connectivity index (χ4v) is 1.59. The van der Waals surface area contributed by atoms with Gasteiger partial charge >= 0.3 is 0 Å². The zero-order chi connectivity index (χ0) is 12.8. The van der Waals surface area contributed by atoms with Crippen LogP contribution in [0.25, 0.3) is 0 Å². The summed E-state index contributed by atoms with van der Waals surface area (Å²) in [6.45, 7) is 2.69. The van der Waals surface area contributed by atoms with Crippen LogP contribution in [-0.4, -0.2) is 41.9 Å². The summed E-state index contributed by atoms with van der Waals surface area (Å²) in [5.74, 6) is -0.264. The number of aryl methyl sites for hydroxylation is 1. The van der Waals surface area contributed by atoms with Gasteiger partial charge in [0, 0.05) is 19.9 Å². The lowest BCUT2D eigenvalue weighted by molar-refractivity contribution is 0.0831. The van der Waals surface area contributed by atoms with E-state index in [0.29, 0.717) is 17.9 Å². The van der Waals surface area contributed by atoms with Crippen molar-refractivity contribution in [1.29, 1.82) is 0 Å². The van der Waals surface area contributed by atoms with Crippen LogP contribution in [0.4, 0.5) is 5.69 Å². The monoisotopic (exact) mass is 241 g/mol. The third-order valence-corrected chi connectivity index (χ3v) is 2.41. The highest BCUT2D eigenvalue weighted by Crippen LogP contribution is 2.10. The molecule has 1 rings (SSSR count). The molecule has 6 heteroatoms. The fraction of sp³-hybridized carbons (Fsp3) is 0.545. The van der Waals surface area contributed by atoms with Crippen LogP contribution in [0.15, 0.2) is 12.3 Å². The molecule has 0 spiro atoms. The second-order valence-corrected chi connectivity index (χ2v) is 3.75. The van der Waals surface area contributed by atoms with Gasteiger partial charge in [0.05, 0.1) is 24.9 Å². The number of aliphatic hydroxyl groups is 1. The van der Waals surface area contributed by atoms with Crippen molar-refractivity contribution in [3.8, 4) is 0 Å². The molecular weight excluding hydrogens is 222 g/mol. The molecule has 0 saturated heterocycles. The first-order valence-corrected chi connectivity index (χ1v) is 5.48. The van der Waals surface area contributed by atoms with Crippen molar-refractivity contribution in [3.05, 3.63) is 18.0 Å². The molecule has 0 aliphatic rings. The van der Waals surface area contributed by atoms with Gasteiger partial charge in [0.2, 0.25) is 0 Å². The van der Waals surface area contributed by atoms with E-state index in [1.54, 1.807) is 16.8 Å². The summed E-state index contributed by atoms with van der Waals surface area (Å²) in [7, 11) is 1.52. The molecule has 1 unspecified atom stereocenters. The average molecular weight is 241 g/mol. The molecule has 1 aromatic heterocycles. The van der Waals surface area contributed by atoms with Crippen molar-refractivity contribution in [3.63, 3.8) is 0 Å². The summed E-state index contributed by atoms with van der Waals surface area (Å²) in [6.07, 6.45) is 1.71. The molecule has 0 aliphatic heterocycles. The van der Waals surface area contributed by atoms with Gasteiger partial charge in [0.15, 0.2) is 0 Å². The van der Waals surface area contributed by atoms with Crippen molar-refractivity contribution in [1.82, 2.24) is 9.88 Å². The van der Waals surface area contributed by atoms with Crippen LogP contribution in [0, 0.1) is 0 Å². The molecule has 0 fully saturated rings. The summed E-state index contributed by atoms with van der Waals surface area (Å²) >= 11 is 0. The Bertz CT molecular complexity index is 376. The van der Waals surface area contributed by atoms with Crippen molar-refractivity contribution >= 4 is 11.6 Å². The lowest BCUT2D eigenvalue weighted by Crippen LogP contribution is -2.41. The SMILES string of the molecule is CCn1cc(N)cc1C(=O)NC(CO)COC. The summed E-state index contributed by atoms with van der Waals surface area (Å²) in [5, 5.41) is 11.7. The van der Waals surface area contributed by atoms with Gasteiger partial charge in [0.25, 0.3) is 5.91 Å². The van der Waals surface area contributed by atoms with Crippen LogP contribution in [0.1, 0.15) is 17.4 Å². The number of methoxy groups -OCH3 is 1. The fourth-order valence-electron chi connectivity index (χ4n) is 1.59. The standard InChI is InChI=1S/C11H19N3O3/c1-3-14-5-8(12)4-10(14)11(16)13-9(6-15)7-17-2/h4-5,9,15H,3,6-7,12H2,1-2H3,(H,13,16). The number of nitrogens with one attached hydrogen (secondary N) is 1. The minimum absolute atomic E-state index is 0.165. The Labute approximate surface area is 100 Å². The first kappa shape index (κ1) is 13.5. The lowest BCUT2D eigenvalue weighted by Gasteiger charge is -2.15. The van der Waals surface area contributed by atoms with Crippen LogP contribution in [0.5, 0.6) is 0 Å². The van der Waals surface area contributed by atoms with Crippen molar-refractivity contribution < 1.29 is 14.6 Å². The lowest BCUT2D eigenvalue weighted by atomic mass is 10.3. The minimum Gasteiger partial charge on any atom is -0.397 e. The topological polar surface area (TPSA) is 89.5 Å². The van der Waals surface area contributed by atoms with Crippen LogP contribution >= 0.6 is 0 Å². The Morgan fingerprint density at radius 3 is 2.94 bits per heavy atom. The van der Waals surface area contributed by atoms with Gasteiger partial charge in [-0.1, -0.05) is 0 Å². The molecule has 1 heterocycles. The number of rotatable bonds is 6. The van der Waals surface area contributed by atoms with Crippen molar-refractivity contribution in [2.45, 2.75) is 19.5 Å². The highest BCUT2D eigenvalue weighted by atomic mass is 16.5. The van der Waals surface area contributed by atoms with Gasteiger partial charge in [-0.25, -0.2) is 0 Å². The van der Waals surface area contributed by atoms with E-state index in [1.165, 1.54) is 7.11 Å². The summed E-state index contributed by atoms with van der Waals surface area (Å²) in [6, 6.07) is 1.20. The normalized spacial score (nSPS) is 12.4. The molecule has 0 aromatic carbocycles. The van der Waals surface area contributed by atoms with E-state index in [0.717, 1.165) is 0 Å². The maximum Gasteiger partial charge on any atom is 0.268 e. The Hall–Kier alpha value is -1.53. The van der Waals surface area contributed by atoms with E-state index in [-0.39, 0.29) is 19.1 Å². The molecule has 6 nitrogen and oxygen atoms in total. The van der Waals surface area contributed by atoms with Crippen molar-refractivity contribution in [2.24, 2.45) is 0 Å². The van der Waals surface area contributed by atoms with E-state index >= 15 is 0 Å². The zero-order valence-electron chi connectivity index (χ0n) is 10.1. The maximum absolute atomic E-state index is 11.9. The van der Waals surface area contributed by atoms with E-state index in [2.05, 4.69) is 5.32 Å². The Balaban J connectivity index is 2.74. The largest absolute Gasteiger partial charge is 0.397 e. The molecule has 0 aliphatic carbocycles. The summed E-state index contributed by atoms with van der Waals surface area (Å²) < 4.78 is 6.64. The number of hydrogen-bond acceptors (Lipinski definition) is 4. The van der Waals surface area contributed by atoms with Crippen molar-refractivity contribution in [2.75, 3.05) is 26.1 Å². The smallest absolute Gasteiger partial charge is 0.268 e. The minimum atomic E-state index is -0.408. The van der Waals surface area contributed by atoms with E-state index < -0.39 is 6.04 Å². The third-order valence-electron chi connectivity index (χ3n) is 2.41. The number of aliphatic hydroxyl groups excluding tert-OH is 1. The second kappa shape index (κ2) is 6.27. The van der Waals surface area contributed by atoms with Gasteiger partial charge in [0.1, 0.15) is 5.69 Å². The highest BCUT2D eigenvalue weighted by molar-refractivity contribution is 5.94. The first-order chi connectivity index (χ1) is 8.12. The number of carbonyl (C=O) groups is 1. The van der Waals surface area contributed by atoms with Gasteiger partial charge < -0.3 is 25.5 Å². The van der Waals surface area contributed by atoms with Gasteiger partial charge in [-0.15, -0.1) is 0 Å². The molecule has 0 radical (unpaired) electrons. The molecule has 1 atom stereocenters. The number of anilines is 1. The zero-order valence-corrected chi connectivity index (χ0v) is 10.1. The van der Waals surface area contributed by atoms with Gasteiger partial charge in [-0.05, 0) is 13.0 Å². The van der Waals surface area contributed by atoms with E-state index in [4.69, 9.17) is 15.6 Å². The van der Waals surface area contributed by atoms with E-state index in [1.807, 2.05) is 6.92 Å². The number of amides is 1. The quantitative estimate of drug-likeness (QED) is 0.645.